The molecule has 2 aromatic heterocycles. The first-order valence-corrected chi connectivity index (χ1v) is 11.7. The van der Waals surface area contributed by atoms with Crippen molar-refractivity contribution in [2.75, 3.05) is 0 Å². The van der Waals surface area contributed by atoms with Crippen molar-refractivity contribution in [1.82, 2.24) is 20.5 Å². The lowest BCUT2D eigenvalue weighted by atomic mass is 9.96. The third-order valence-corrected chi connectivity index (χ3v) is 6.11. The van der Waals surface area contributed by atoms with Crippen LogP contribution in [0.25, 0.3) is 0 Å². The number of hydrogen-bond acceptors (Lipinski definition) is 7. The van der Waals surface area contributed by atoms with E-state index >= 15 is 0 Å². The van der Waals surface area contributed by atoms with Gasteiger partial charge in [-0.2, -0.15) is 0 Å². The number of rotatable bonds is 9. The smallest absolute Gasteiger partial charge is 0.286 e. The van der Waals surface area contributed by atoms with Crippen molar-refractivity contribution >= 4 is 23.5 Å². The van der Waals surface area contributed by atoms with Crippen molar-refractivity contribution in [3.63, 3.8) is 0 Å². The summed E-state index contributed by atoms with van der Waals surface area (Å²) in [6, 6.07) is 5.04. The number of carbonyl (C=O) groups excluding carboxylic acids is 2. The number of nitrogens with one attached hydrogen (secondary N) is 1. The van der Waals surface area contributed by atoms with Crippen molar-refractivity contribution in [3.8, 4) is 0 Å². The Balaban J connectivity index is 1.62. The first-order chi connectivity index (χ1) is 14.5. The molecule has 1 aliphatic carbocycles. The number of amides is 1. The number of hydrogen-bond donors (Lipinski definition) is 1. The highest BCUT2D eigenvalue weighted by Crippen LogP contribution is 2.24. The monoisotopic (exact) mass is 430 g/mol. The van der Waals surface area contributed by atoms with Gasteiger partial charge in [-0.1, -0.05) is 57.4 Å². The number of pyridine rings is 1. The van der Waals surface area contributed by atoms with Gasteiger partial charge in [0.25, 0.3) is 11.1 Å². The highest BCUT2D eigenvalue weighted by Gasteiger charge is 2.30. The summed E-state index contributed by atoms with van der Waals surface area (Å²) in [7, 11) is 0. The minimum absolute atomic E-state index is 0.0119. The quantitative estimate of drug-likeness (QED) is 0.357. The Kier molecular flexibility index (Phi) is 8.42. The normalized spacial score (nSPS) is 16.2. The summed E-state index contributed by atoms with van der Waals surface area (Å²) >= 11 is 1.33. The van der Waals surface area contributed by atoms with Crippen molar-refractivity contribution in [2.45, 2.75) is 75.8 Å². The molecule has 3 rings (SSSR count). The Labute approximate surface area is 181 Å². The van der Waals surface area contributed by atoms with Crippen molar-refractivity contribution < 1.29 is 14.0 Å². The molecule has 2 heterocycles. The molecule has 30 heavy (non-hydrogen) atoms. The van der Waals surface area contributed by atoms with Gasteiger partial charge in [0.1, 0.15) is 0 Å². The first kappa shape index (κ1) is 22.5. The molecule has 8 heteroatoms. The van der Waals surface area contributed by atoms with E-state index in [2.05, 4.69) is 20.5 Å². The molecule has 1 atom stereocenters. The molecule has 2 aromatic rings. The minimum Gasteiger partial charge on any atom is -0.408 e. The third-order valence-electron chi connectivity index (χ3n) is 5.25. The predicted molar refractivity (Wildman–Crippen MR) is 115 cm³/mol. The fraction of sp³-hybridized carbons (Fsp3) is 0.591. The molecule has 1 saturated carbocycles. The Morgan fingerprint density at radius 2 is 1.93 bits per heavy atom. The molecule has 0 unspecified atom stereocenters. The van der Waals surface area contributed by atoms with E-state index in [-0.39, 0.29) is 29.4 Å². The number of thioether (sulfide) groups is 1. The van der Waals surface area contributed by atoms with Crippen LogP contribution in [0.2, 0.25) is 0 Å². The van der Waals surface area contributed by atoms with E-state index in [9.17, 15) is 9.59 Å². The molecule has 0 aliphatic heterocycles. The van der Waals surface area contributed by atoms with Crippen LogP contribution in [0.4, 0.5) is 0 Å². The molecule has 0 radical (unpaired) electrons. The van der Waals surface area contributed by atoms with E-state index in [1.807, 2.05) is 32.0 Å². The summed E-state index contributed by atoms with van der Waals surface area (Å²) in [6.07, 6.45) is 8.55. The van der Waals surface area contributed by atoms with E-state index < -0.39 is 6.04 Å². The van der Waals surface area contributed by atoms with Gasteiger partial charge in [-0.15, -0.1) is 10.2 Å². The molecule has 7 nitrogen and oxygen atoms in total. The van der Waals surface area contributed by atoms with E-state index in [1.54, 1.807) is 6.20 Å². The molecular weight excluding hydrogens is 400 g/mol. The lowest BCUT2D eigenvalue weighted by Gasteiger charge is -2.21. The summed E-state index contributed by atoms with van der Waals surface area (Å²) in [5.74, 6) is 0.412. The predicted octanol–water partition coefficient (Wildman–Crippen LogP) is 4.44. The van der Waals surface area contributed by atoms with Crippen LogP contribution in [-0.4, -0.2) is 32.9 Å². The second-order valence-electron chi connectivity index (χ2n) is 8.23. The summed E-state index contributed by atoms with van der Waals surface area (Å²) < 4.78 is 5.59. The van der Waals surface area contributed by atoms with Crippen LogP contribution >= 0.6 is 11.8 Å². The Hall–Kier alpha value is -2.22. The number of aromatic nitrogens is 3. The van der Waals surface area contributed by atoms with Crippen LogP contribution in [0.3, 0.4) is 0 Å². The summed E-state index contributed by atoms with van der Waals surface area (Å²) in [6.45, 7) is 4.06. The maximum Gasteiger partial charge on any atom is 0.286 e. The number of Topliss-reactive ketones (excluding diaryl/α,β-unsaturated/α-hetero) is 1. The number of carbonyl (C=O) groups is 2. The van der Waals surface area contributed by atoms with Gasteiger partial charge in [-0.25, -0.2) is 0 Å². The maximum atomic E-state index is 13.0. The van der Waals surface area contributed by atoms with Gasteiger partial charge in [-0.05, 0) is 37.3 Å². The molecular formula is C22H30N4O3S. The SMILES string of the molecule is CC(C)C[C@H](NC(=O)C1CCCCCC1)C(=O)c1nnc(SCc2ccccn2)o1. The number of nitrogens with zero attached hydrogens (tertiary/aromatic N) is 3. The van der Waals surface area contributed by atoms with Gasteiger partial charge in [-0.3, -0.25) is 14.6 Å². The Morgan fingerprint density at radius 3 is 2.60 bits per heavy atom. The van der Waals surface area contributed by atoms with Crippen molar-refractivity contribution in [1.29, 1.82) is 0 Å². The highest BCUT2D eigenvalue weighted by molar-refractivity contribution is 7.98. The van der Waals surface area contributed by atoms with Crippen LogP contribution < -0.4 is 5.32 Å². The zero-order valence-corrected chi connectivity index (χ0v) is 18.5. The van der Waals surface area contributed by atoms with E-state index in [0.717, 1.165) is 31.4 Å². The molecule has 0 bridgehead atoms. The minimum atomic E-state index is -0.644. The molecule has 1 N–H and O–H groups in total. The van der Waals surface area contributed by atoms with Gasteiger partial charge >= 0.3 is 0 Å². The maximum absolute atomic E-state index is 13.0. The molecule has 1 fully saturated rings. The van der Waals surface area contributed by atoms with Crippen LogP contribution in [0.5, 0.6) is 0 Å². The van der Waals surface area contributed by atoms with Gasteiger partial charge < -0.3 is 9.73 Å². The van der Waals surface area contributed by atoms with Gasteiger partial charge in [0.05, 0.1) is 11.7 Å². The van der Waals surface area contributed by atoms with Crippen LogP contribution in [0.15, 0.2) is 34.0 Å². The third kappa shape index (κ3) is 6.65. The van der Waals surface area contributed by atoms with Crippen LogP contribution in [0.1, 0.15) is 75.2 Å². The molecule has 1 amide bonds. The molecule has 0 aromatic carbocycles. The standard InChI is InChI=1S/C22H30N4O3S/c1-15(2)13-18(24-20(28)16-9-5-3-4-6-10-16)19(27)21-25-26-22(29-21)30-14-17-11-7-8-12-23-17/h7-8,11-12,15-16,18H,3-6,9-10,13-14H2,1-2H3,(H,24,28)/t18-/m0/s1. The van der Waals surface area contributed by atoms with E-state index in [1.165, 1.54) is 24.6 Å². The second-order valence-corrected chi connectivity index (χ2v) is 9.15. The largest absolute Gasteiger partial charge is 0.408 e. The average molecular weight is 431 g/mol. The average Bonchev–Trinajstić information content (AvgIpc) is 3.04. The highest BCUT2D eigenvalue weighted by atomic mass is 32.2. The summed E-state index contributed by atoms with van der Waals surface area (Å²) in [5, 5.41) is 11.2. The van der Waals surface area contributed by atoms with E-state index in [0.29, 0.717) is 17.4 Å². The zero-order valence-electron chi connectivity index (χ0n) is 17.7. The number of ketones is 1. The van der Waals surface area contributed by atoms with Crippen LogP contribution in [-0.2, 0) is 10.5 Å². The lowest BCUT2D eigenvalue weighted by Crippen LogP contribution is -2.44. The van der Waals surface area contributed by atoms with Gasteiger partial charge in [0, 0.05) is 17.9 Å². The second kappa shape index (κ2) is 11.2. The summed E-state index contributed by atoms with van der Waals surface area (Å²) in [5.41, 5.74) is 0.891. The molecule has 0 saturated heterocycles. The zero-order chi connectivity index (χ0) is 21.3. The van der Waals surface area contributed by atoms with Crippen molar-refractivity contribution in [2.24, 2.45) is 11.8 Å². The van der Waals surface area contributed by atoms with Gasteiger partial charge in [0.15, 0.2) is 0 Å². The molecule has 162 valence electrons. The Bertz CT molecular complexity index is 817. The van der Waals surface area contributed by atoms with Gasteiger partial charge in [0.2, 0.25) is 11.7 Å². The first-order valence-electron chi connectivity index (χ1n) is 10.7. The van der Waals surface area contributed by atoms with E-state index in [4.69, 9.17) is 4.42 Å². The fourth-order valence-electron chi connectivity index (χ4n) is 3.67. The topological polar surface area (TPSA) is 98.0 Å². The van der Waals surface area contributed by atoms with Crippen molar-refractivity contribution in [3.05, 3.63) is 36.0 Å². The Morgan fingerprint density at radius 1 is 1.17 bits per heavy atom. The fourth-order valence-corrected chi connectivity index (χ4v) is 4.35. The lowest BCUT2D eigenvalue weighted by molar-refractivity contribution is -0.126. The summed E-state index contributed by atoms with van der Waals surface area (Å²) in [4.78, 5) is 30.1. The molecule has 1 aliphatic rings. The van der Waals surface area contributed by atoms with Crippen LogP contribution in [0, 0.1) is 11.8 Å². The molecule has 0 spiro atoms.